The molecule has 2 heterocycles. The van der Waals surface area contributed by atoms with Crippen molar-refractivity contribution in [1.29, 1.82) is 0 Å². The van der Waals surface area contributed by atoms with E-state index in [1.807, 2.05) is 19.2 Å². The quantitative estimate of drug-likeness (QED) is 0.923. The van der Waals surface area contributed by atoms with Crippen molar-refractivity contribution >= 4 is 17.2 Å². The van der Waals surface area contributed by atoms with Crippen molar-refractivity contribution in [2.24, 2.45) is 0 Å². The summed E-state index contributed by atoms with van der Waals surface area (Å²) in [4.78, 5) is 17.9. The minimum atomic E-state index is -4.65. The van der Waals surface area contributed by atoms with Crippen molar-refractivity contribution in [2.75, 3.05) is 13.1 Å². The van der Waals surface area contributed by atoms with Crippen LogP contribution in [0, 0.1) is 0 Å². The van der Waals surface area contributed by atoms with Crippen molar-refractivity contribution in [3.05, 3.63) is 16.1 Å². The predicted molar refractivity (Wildman–Crippen MR) is 76.7 cm³/mol. The highest BCUT2D eigenvalue weighted by atomic mass is 32.1. The van der Waals surface area contributed by atoms with Gasteiger partial charge in [0.25, 0.3) is 0 Å². The van der Waals surface area contributed by atoms with E-state index in [0.717, 1.165) is 5.01 Å². The number of carbonyl (C=O) groups excluding carboxylic acids is 1. The molecule has 0 aliphatic carbocycles. The molecule has 1 amide bonds. The van der Waals surface area contributed by atoms with Gasteiger partial charge in [0.1, 0.15) is 0 Å². The van der Waals surface area contributed by atoms with E-state index >= 15 is 0 Å². The summed E-state index contributed by atoms with van der Waals surface area (Å²) < 4.78 is 38.2. The second-order valence-electron chi connectivity index (χ2n) is 5.92. The van der Waals surface area contributed by atoms with Crippen molar-refractivity contribution < 1.29 is 23.1 Å². The standard InChI is InChI=1S/C14H19F3N2O2S/c1-9(2)12-18-10(8-22-12)7-11(20)19-5-3-13(21,4-6-19)14(15,16)17/h8-9,21H,3-7H2,1-2H3. The topological polar surface area (TPSA) is 53.4 Å². The lowest BCUT2D eigenvalue weighted by Crippen LogP contribution is -2.54. The summed E-state index contributed by atoms with van der Waals surface area (Å²) >= 11 is 1.48. The highest BCUT2D eigenvalue weighted by molar-refractivity contribution is 7.09. The summed E-state index contributed by atoms with van der Waals surface area (Å²) in [5.74, 6) is 0.0375. The van der Waals surface area contributed by atoms with Gasteiger partial charge in [-0.25, -0.2) is 4.98 Å². The molecule has 0 atom stereocenters. The van der Waals surface area contributed by atoms with Crippen LogP contribution in [0.2, 0.25) is 0 Å². The van der Waals surface area contributed by atoms with Gasteiger partial charge in [-0.05, 0) is 0 Å². The summed E-state index contributed by atoms with van der Waals surface area (Å²) in [7, 11) is 0. The average Bonchev–Trinajstić information content (AvgIpc) is 2.87. The zero-order valence-corrected chi connectivity index (χ0v) is 13.3. The Labute approximate surface area is 131 Å². The fourth-order valence-corrected chi connectivity index (χ4v) is 3.18. The maximum absolute atomic E-state index is 12.7. The summed E-state index contributed by atoms with van der Waals surface area (Å²) in [5, 5.41) is 12.3. The van der Waals surface area contributed by atoms with E-state index in [1.165, 1.54) is 16.2 Å². The molecule has 1 saturated heterocycles. The molecule has 0 spiro atoms. The number of alkyl halides is 3. The van der Waals surface area contributed by atoms with Gasteiger partial charge in [-0.15, -0.1) is 11.3 Å². The first-order valence-electron chi connectivity index (χ1n) is 7.13. The molecule has 124 valence electrons. The molecule has 1 N–H and O–H groups in total. The molecular formula is C14H19F3N2O2S. The lowest BCUT2D eigenvalue weighted by molar-refractivity contribution is -0.272. The Balaban J connectivity index is 1.92. The van der Waals surface area contributed by atoms with E-state index in [-0.39, 0.29) is 31.3 Å². The normalized spacial score (nSPS) is 18.8. The van der Waals surface area contributed by atoms with Gasteiger partial charge in [-0.2, -0.15) is 13.2 Å². The summed E-state index contributed by atoms with van der Waals surface area (Å²) in [5.41, 5.74) is -2.02. The average molecular weight is 336 g/mol. The van der Waals surface area contributed by atoms with Gasteiger partial charge in [-0.1, -0.05) is 13.8 Å². The van der Waals surface area contributed by atoms with Crippen LogP contribution in [-0.4, -0.2) is 45.8 Å². The smallest absolute Gasteiger partial charge is 0.380 e. The molecule has 0 unspecified atom stereocenters. The second-order valence-corrected chi connectivity index (χ2v) is 6.81. The van der Waals surface area contributed by atoms with Gasteiger partial charge in [0.15, 0.2) is 5.60 Å². The Hall–Kier alpha value is -1.15. The number of thiazole rings is 1. The monoisotopic (exact) mass is 336 g/mol. The Bertz CT molecular complexity index is 534. The van der Waals surface area contributed by atoms with Gasteiger partial charge < -0.3 is 10.0 Å². The number of piperidine rings is 1. The van der Waals surface area contributed by atoms with E-state index in [4.69, 9.17) is 0 Å². The first kappa shape index (κ1) is 17.2. The van der Waals surface area contributed by atoms with Gasteiger partial charge in [0, 0.05) is 37.2 Å². The maximum atomic E-state index is 12.7. The number of likely N-dealkylation sites (tertiary alicyclic amines) is 1. The highest BCUT2D eigenvalue weighted by Gasteiger charge is 2.54. The fourth-order valence-electron chi connectivity index (χ4n) is 2.35. The molecule has 0 bridgehead atoms. The number of rotatable bonds is 3. The minimum absolute atomic E-state index is 0.0873. The molecule has 0 aromatic carbocycles. The van der Waals surface area contributed by atoms with E-state index in [1.54, 1.807) is 0 Å². The van der Waals surface area contributed by atoms with E-state index in [9.17, 15) is 23.1 Å². The van der Waals surface area contributed by atoms with Crippen LogP contribution < -0.4 is 0 Å². The number of hydrogen-bond donors (Lipinski definition) is 1. The van der Waals surface area contributed by atoms with Crippen LogP contribution in [0.15, 0.2) is 5.38 Å². The lowest BCUT2D eigenvalue weighted by Gasteiger charge is -2.39. The van der Waals surface area contributed by atoms with Crippen LogP contribution in [0.1, 0.15) is 43.3 Å². The lowest BCUT2D eigenvalue weighted by atomic mass is 9.90. The first-order valence-corrected chi connectivity index (χ1v) is 8.01. The molecule has 4 nitrogen and oxygen atoms in total. The molecule has 0 saturated carbocycles. The first-order chi connectivity index (χ1) is 10.1. The van der Waals surface area contributed by atoms with Crippen molar-refractivity contribution in [3.8, 4) is 0 Å². The summed E-state index contributed by atoms with van der Waals surface area (Å²) in [6, 6.07) is 0. The van der Waals surface area contributed by atoms with Crippen LogP contribution in [0.3, 0.4) is 0 Å². The Morgan fingerprint density at radius 2 is 2.05 bits per heavy atom. The van der Waals surface area contributed by atoms with Crippen LogP contribution >= 0.6 is 11.3 Å². The number of hydrogen-bond acceptors (Lipinski definition) is 4. The number of halogens is 3. The van der Waals surface area contributed by atoms with Crippen LogP contribution in [0.5, 0.6) is 0 Å². The van der Waals surface area contributed by atoms with Crippen LogP contribution in [-0.2, 0) is 11.2 Å². The molecule has 1 aliphatic heterocycles. The summed E-state index contributed by atoms with van der Waals surface area (Å²) in [6.07, 6.45) is -5.51. The van der Waals surface area contributed by atoms with E-state index < -0.39 is 24.6 Å². The molecular weight excluding hydrogens is 317 g/mol. The molecule has 1 aliphatic rings. The largest absolute Gasteiger partial charge is 0.417 e. The fraction of sp³-hybridized carbons (Fsp3) is 0.714. The number of nitrogens with zero attached hydrogens (tertiary/aromatic N) is 2. The molecule has 8 heteroatoms. The summed E-state index contributed by atoms with van der Waals surface area (Å²) in [6.45, 7) is 3.84. The van der Waals surface area contributed by atoms with E-state index in [2.05, 4.69) is 4.98 Å². The molecule has 0 radical (unpaired) electrons. The van der Waals surface area contributed by atoms with Crippen molar-refractivity contribution in [2.45, 2.75) is 50.8 Å². The van der Waals surface area contributed by atoms with Crippen molar-refractivity contribution in [1.82, 2.24) is 9.88 Å². The maximum Gasteiger partial charge on any atom is 0.417 e. The zero-order chi connectivity index (χ0) is 16.5. The van der Waals surface area contributed by atoms with Gasteiger partial charge in [0.2, 0.25) is 5.91 Å². The zero-order valence-electron chi connectivity index (χ0n) is 12.5. The third-order valence-corrected chi connectivity index (χ3v) is 5.06. The van der Waals surface area contributed by atoms with Crippen LogP contribution in [0.25, 0.3) is 0 Å². The SMILES string of the molecule is CC(C)c1nc(CC(=O)N2CCC(O)(C(F)(F)F)CC2)cs1. The Morgan fingerprint density at radius 3 is 2.50 bits per heavy atom. The molecule has 1 aromatic heterocycles. The van der Waals surface area contributed by atoms with Gasteiger partial charge in [-0.3, -0.25) is 4.79 Å². The molecule has 1 aromatic rings. The molecule has 22 heavy (non-hydrogen) atoms. The molecule has 2 rings (SSSR count). The minimum Gasteiger partial charge on any atom is -0.380 e. The Kier molecular flexibility index (Phi) is 4.81. The second kappa shape index (κ2) is 6.16. The number of aliphatic hydroxyl groups is 1. The Morgan fingerprint density at radius 1 is 1.45 bits per heavy atom. The highest BCUT2D eigenvalue weighted by Crippen LogP contribution is 2.38. The number of carbonyl (C=O) groups is 1. The molecule has 1 fully saturated rings. The van der Waals surface area contributed by atoms with Gasteiger partial charge >= 0.3 is 6.18 Å². The number of amides is 1. The van der Waals surface area contributed by atoms with E-state index in [0.29, 0.717) is 5.69 Å². The third-order valence-electron chi connectivity index (χ3n) is 3.87. The van der Waals surface area contributed by atoms with Crippen LogP contribution in [0.4, 0.5) is 13.2 Å². The van der Waals surface area contributed by atoms with Crippen molar-refractivity contribution in [3.63, 3.8) is 0 Å². The third kappa shape index (κ3) is 3.60. The predicted octanol–water partition coefficient (Wildman–Crippen LogP) is 2.72. The van der Waals surface area contributed by atoms with Gasteiger partial charge in [0.05, 0.1) is 17.1 Å². The number of aromatic nitrogens is 1.